The molecular formula is C22H16F3N5O2. The van der Waals surface area contributed by atoms with Crippen LogP contribution < -0.4 is 5.32 Å². The molecule has 5 aromatic rings. The number of carbonyl (C=O) groups excluding carboxylic acids is 1. The van der Waals surface area contributed by atoms with Gasteiger partial charge >= 0.3 is 6.18 Å². The number of hydrogen-bond acceptors (Lipinski definition) is 4. The minimum absolute atomic E-state index is 0.000944. The summed E-state index contributed by atoms with van der Waals surface area (Å²) >= 11 is 0. The number of nitrogens with zero attached hydrogens (tertiary/aromatic N) is 3. The predicted octanol–water partition coefficient (Wildman–Crippen LogP) is 4.46. The Hall–Kier alpha value is -4.08. The fourth-order valence-electron chi connectivity index (χ4n) is 3.58. The molecule has 0 aliphatic rings. The molecule has 1 amide bonds. The molecular weight excluding hydrogens is 423 g/mol. The number of para-hydroxylation sites is 1. The second kappa shape index (κ2) is 7.56. The van der Waals surface area contributed by atoms with Crippen LogP contribution in [-0.4, -0.2) is 32.0 Å². The van der Waals surface area contributed by atoms with E-state index in [2.05, 4.69) is 20.4 Å². The van der Waals surface area contributed by atoms with Crippen molar-refractivity contribution in [2.75, 3.05) is 6.54 Å². The Morgan fingerprint density at radius 3 is 2.78 bits per heavy atom. The Morgan fingerprint density at radius 1 is 1.16 bits per heavy atom. The maximum Gasteiger partial charge on any atom is 0.433 e. The molecule has 32 heavy (non-hydrogen) atoms. The van der Waals surface area contributed by atoms with Gasteiger partial charge in [-0.15, -0.1) is 0 Å². The van der Waals surface area contributed by atoms with Crippen LogP contribution in [0.25, 0.3) is 28.0 Å². The van der Waals surface area contributed by atoms with Crippen molar-refractivity contribution in [2.45, 2.75) is 12.6 Å². The zero-order chi connectivity index (χ0) is 22.3. The molecule has 0 spiro atoms. The molecule has 0 aliphatic carbocycles. The number of aromatic nitrogens is 4. The van der Waals surface area contributed by atoms with Gasteiger partial charge in [0, 0.05) is 29.7 Å². The molecule has 0 unspecified atom stereocenters. The monoisotopic (exact) mass is 439 g/mol. The van der Waals surface area contributed by atoms with Crippen LogP contribution in [0, 0.1) is 0 Å². The number of hydrogen-bond donors (Lipinski definition) is 2. The van der Waals surface area contributed by atoms with Crippen molar-refractivity contribution >= 4 is 22.5 Å². The van der Waals surface area contributed by atoms with Gasteiger partial charge in [-0.2, -0.15) is 18.3 Å². The molecule has 2 N–H and O–H groups in total. The molecule has 7 nitrogen and oxygen atoms in total. The lowest BCUT2D eigenvalue weighted by Crippen LogP contribution is -2.26. The summed E-state index contributed by atoms with van der Waals surface area (Å²) in [5, 5.41) is 7.61. The number of benzene rings is 1. The average Bonchev–Trinajstić information content (AvgIpc) is 3.51. The van der Waals surface area contributed by atoms with E-state index in [1.54, 1.807) is 6.07 Å². The number of nitrogens with one attached hydrogen (secondary N) is 2. The topological polar surface area (TPSA) is 88.2 Å². The predicted molar refractivity (Wildman–Crippen MR) is 110 cm³/mol. The number of amides is 1. The van der Waals surface area contributed by atoms with Crippen LogP contribution in [0.15, 0.2) is 65.4 Å². The Labute approximate surface area is 178 Å². The summed E-state index contributed by atoms with van der Waals surface area (Å²) in [6.45, 7) is 0.297. The van der Waals surface area contributed by atoms with Crippen molar-refractivity contribution in [3.05, 3.63) is 77.9 Å². The van der Waals surface area contributed by atoms with Crippen LogP contribution in [0.4, 0.5) is 13.2 Å². The van der Waals surface area contributed by atoms with Gasteiger partial charge in [-0.3, -0.25) is 4.79 Å². The number of carbonyl (C=O) groups is 1. The van der Waals surface area contributed by atoms with Crippen LogP contribution in [0.5, 0.6) is 0 Å². The van der Waals surface area contributed by atoms with E-state index >= 15 is 0 Å². The van der Waals surface area contributed by atoms with E-state index in [-0.39, 0.29) is 22.8 Å². The maximum absolute atomic E-state index is 13.6. The minimum atomic E-state index is -4.70. The van der Waals surface area contributed by atoms with E-state index in [0.717, 1.165) is 22.5 Å². The Balaban J connectivity index is 1.39. The molecule has 0 saturated carbocycles. The third-order valence-electron chi connectivity index (χ3n) is 5.08. The highest BCUT2D eigenvalue weighted by atomic mass is 19.4. The average molecular weight is 439 g/mol. The highest BCUT2D eigenvalue weighted by Crippen LogP contribution is 2.32. The zero-order valence-corrected chi connectivity index (χ0v) is 16.5. The fourth-order valence-corrected chi connectivity index (χ4v) is 3.58. The molecule has 0 aliphatic heterocycles. The fraction of sp³-hybridized carbons (Fsp3) is 0.136. The van der Waals surface area contributed by atoms with Crippen molar-refractivity contribution in [1.82, 2.24) is 24.9 Å². The summed E-state index contributed by atoms with van der Waals surface area (Å²) in [6, 6.07) is 12.9. The smallest absolute Gasteiger partial charge is 0.433 e. The van der Waals surface area contributed by atoms with Gasteiger partial charge in [0.15, 0.2) is 22.8 Å². The van der Waals surface area contributed by atoms with Crippen molar-refractivity contribution in [2.24, 2.45) is 0 Å². The second-order valence-electron chi connectivity index (χ2n) is 7.17. The van der Waals surface area contributed by atoms with Gasteiger partial charge in [0.25, 0.3) is 5.91 Å². The molecule has 10 heteroatoms. The van der Waals surface area contributed by atoms with Gasteiger partial charge in [-0.1, -0.05) is 18.2 Å². The maximum atomic E-state index is 13.6. The zero-order valence-electron chi connectivity index (χ0n) is 16.5. The Kier molecular flexibility index (Phi) is 4.69. The number of alkyl halides is 3. The molecule has 0 radical (unpaired) electrons. The highest BCUT2D eigenvalue weighted by Gasteiger charge is 2.36. The number of fused-ring (bicyclic) bond motifs is 2. The minimum Gasteiger partial charge on any atom is -0.463 e. The van der Waals surface area contributed by atoms with Crippen molar-refractivity contribution < 1.29 is 22.4 Å². The highest BCUT2D eigenvalue weighted by molar-refractivity contribution is 5.93. The first-order valence-corrected chi connectivity index (χ1v) is 9.75. The normalized spacial score (nSPS) is 12.0. The standard InChI is InChI=1S/C22H16F3N5O2/c23-22(24,25)19-10-16(18-6-3-9-32-18)28-20-11-17(29-30(19)20)21(31)26-8-7-13-12-27-15-5-2-1-4-14(13)15/h1-6,9-12,27H,7-8H2,(H,26,31). The third-order valence-corrected chi connectivity index (χ3v) is 5.08. The van der Waals surface area contributed by atoms with Gasteiger partial charge in [-0.25, -0.2) is 9.50 Å². The van der Waals surface area contributed by atoms with Crippen LogP contribution in [0.1, 0.15) is 21.7 Å². The van der Waals surface area contributed by atoms with Crippen molar-refractivity contribution in [3.8, 4) is 11.5 Å². The van der Waals surface area contributed by atoms with E-state index < -0.39 is 17.8 Å². The number of furan rings is 1. The number of aromatic amines is 1. The van der Waals surface area contributed by atoms with Crippen LogP contribution in [0.3, 0.4) is 0 Å². The van der Waals surface area contributed by atoms with Gasteiger partial charge in [0.1, 0.15) is 5.69 Å². The van der Waals surface area contributed by atoms with Crippen molar-refractivity contribution in [1.29, 1.82) is 0 Å². The summed E-state index contributed by atoms with van der Waals surface area (Å²) < 4.78 is 46.6. The van der Waals surface area contributed by atoms with Gasteiger partial charge in [-0.05, 0) is 36.2 Å². The molecule has 5 rings (SSSR count). The van der Waals surface area contributed by atoms with E-state index in [0.29, 0.717) is 17.5 Å². The summed E-state index contributed by atoms with van der Waals surface area (Å²) in [4.78, 5) is 19.9. The number of halogens is 3. The largest absolute Gasteiger partial charge is 0.463 e. The van der Waals surface area contributed by atoms with E-state index in [1.165, 1.54) is 18.4 Å². The van der Waals surface area contributed by atoms with Gasteiger partial charge < -0.3 is 14.7 Å². The van der Waals surface area contributed by atoms with E-state index in [9.17, 15) is 18.0 Å². The molecule has 0 bridgehead atoms. The lowest BCUT2D eigenvalue weighted by Gasteiger charge is -2.09. The number of H-pyrrole nitrogens is 1. The third kappa shape index (κ3) is 3.59. The van der Waals surface area contributed by atoms with Crippen molar-refractivity contribution in [3.63, 3.8) is 0 Å². The first kappa shape index (κ1) is 19.9. The molecule has 0 atom stereocenters. The summed E-state index contributed by atoms with van der Waals surface area (Å²) in [5.41, 5.74) is 0.714. The molecule has 0 saturated heterocycles. The van der Waals surface area contributed by atoms with Crippen LogP contribution in [-0.2, 0) is 12.6 Å². The quantitative estimate of drug-likeness (QED) is 0.423. The number of rotatable bonds is 5. The van der Waals surface area contributed by atoms with Crippen LogP contribution >= 0.6 is 0 Å². The van der Waals surface area contributed by atoms with E-state index in [4.69, 9.17) is 4.42 Å². The lowest BCUT2D eigenvalue weighted by atomic mass is 10.1. The summed E-state index contributed by atoms with van der Waals surface area (Å²) in [5.74, 6) is -0.396. The van der Waals surface area contributed by atoms with Gasteiger partial charge in [0.05, 0.1) is 6.26 Å². The first-order chi connectivity index (χ1) is 15.4. The van der Waals surface area contributed by atoms with E-state index in [1.807, 2.05) is 30.5 Å². The summed E-state index contributed by atoms with van der Waals surface area (Å²) in [6.07, 6.45) is -0.926. The molecule has 1 aromatic carbocycles. The lowest BCUT2D eigenvalue weighted by molar-refractivity contribution is -0.142. The molecule has 4 aromatic heterocycles. The first-order valence-electron chi connectivity index (χ1n) is 9.75. The SMILES string of the molecule is O=C(NCCc1c[nH]c2ccccc12)c1cc2nc(-c3ccco3)cc(C(F)(F)F)n2n1. The Morgan fingerprint density at radius 2 is 2.00 bits per heavy atom. The molecule has 4 heterocycles. The van der Waals surface area contributed by atoms with Gasteiger partial charge in [0.2, 0.25) is 0 Å². The molecule has 0 fully saturated rings. The second-order valence-corrected chi connectivity index (χ2v) is 7.17. The summed E-state index contributed by atoms with van der Waals surface area (Å²) in [7, 11) is 0. The Bertz CT molecular complexity index is 1420. The van der Waals surface area contributed by atoms with Crippen LogP contribution in [0.2, 0.25) is 0 Å². The molecule has 162 valence electrons.